The van der Waals surface area contributed by atoms with E-state index in [2.05, 4.69) is 5.32 Å². The Hall–Kier alpha value is -2.95. The van der Waals surface area contributed by atoms with Crippen molar-refractivity contribution in [1.82, 2.24) is 5.32 Å². The first kappa shape index (κ1) is 21.4. The van der Waals surface area contributed by atoms with Crippen LogP contribution in [0.25, 0.3) is 0 Å². The smallest absolute Gasteiger partial charge is 0.308 e. The fourth-order valence-electron chi connectivity index (χ4n) is 2.96. The minimum Gasteiger partial charge on any atom is -0.454 e. The first-order valence-corrected chi connectivity index (χ1v) is 9.36. The highest BCUT2D eigenvalue weighted by Gasteiger charge is 2.21. The Kier molecular flexibility index (Phi) is 7.10. The largest absolute Gasteiger partial charge is 0.454 e. The molecule has 28 heavy (non-hydrogen) atoms. The number of esters is 1. The van der Waals surface area contributed by atoms with Gasteiger partial charge in [-0.15, -0.1) is 0 Å². The van der Waals surface area contributed by atoms with Gasteiger partial charge in [0.1, 0.15) is 0 Å². The second kappa shape index (κ2) is 9.31. The van der Waals surface area contributed by atoms with Crippen molar-refractivity contribution in [3.8, 4) is 0 Å². The molecular weight excluding hydrogens is 354 g/mol. The Balaban J connectivity index is 1.87. The third kappa shape index (κ3) is 5.28. The molecule has 2 aromatic rings. The van der Waals surface area contributed by atoms with Crippen molar-refractivity contribution in [2.75, 3.05) is 6.54 Å². The van der Waals surface area contributed by atoms with Crippen LogP contribution in [0, 0.1) is 27.7 Å². The molecule has 0 saturated heterocycles. The summed E-state index contributed by atoms with van der Waals surface area (Å²) in [6.07, 6.45) is -0.874. The standard InChI is InChI=1S/C23H27NO4/c1-14-8-6-7-9-19(14)23(27)24-11-10-21(25)28-18(5)22(26)20-13-16(3)15(2)12-17(20)4/h6-9,12-13,18H,10-11H2,1-5H3,(H,24,27). The van der Waals surface area contributed by atoms with Gasteiger partial charge in [0.15, 0.2) is 6.10 Å². The molecule has 0 radical (unpaired) electrons. The molecule has 0 saturated carbocycles. The maximum atomic E-state index is 12.6. The summed E-state index contributed by atoms with van der Waals surface area (Å²) in [4.78, 5) is 36.8. The molecule has 1 atom stereocenters. The van der Waals surface area contributed by atoms with Crippen molar-refractivity contribution >= 4 is 17.7 Å². The lowest BCUT2D eigenvalue weighted by molar-refractivity contribution is -0.146. The molecule has 0 aromatic heterocycles. The van der Waals surface area contributed by atoms with E-state index in [0.717, 1.165) is 22.3 Å². The number of carbonyl (C=O) groups is 3. The maximum absolute atomic E-state index is 12.6. The highest BCUT2D eigenvalue weighted by atomic mass is 16.5. The van der Waals surface area contributed by atoms with Crippen molar-refractivity contribution in [3.63, 3.8) is 0 Å². The normalized spacial score (nSPS) is 11.6. The summed E-state index contributed by atoms with van der Waals surface area (Å²) < 4.78 is 5.26. The lowest BCUT2D eigenvalue weighted by Gasteiger charge is -2.15. The maximum Gasteiger partial charge on any atom is 0.308 e. The van der Waals surface area contributed by atoms with E-state index < -0.39 is 12.1 Å². The average molecular weight is 381 g/mol. The van der Waals surface area contributed by atoms with Gasteiger partial charge in [0.25, 0.3) is 5.91 Å². The quantitative estimate of drug-likeness (QED) is 0.584. The van der Waals surface area contributed by atoms with Crippen LogP contribution in [0.5, 0.6) is 0 Å². The number of amides is 1. The molecule has 0 aliphatic heterocycles. The van der Waals surface area contributed by atoms with Gasteiger partial charge in [-0.25, -0.2) is 0 Å². The van der Waals surface area contributed by atoms with E-state index in [0.29, 0.717) is 11.1 Å². The van der Waals surface area contributed by atoms with Crippen molar-refractivity contribution in [2.45, 2.75) is 47.1 Å². The molecule has 1 N–H and O–H groups in total. The molecule has 148 valence electrons. The van der Waals surface area contributed by atoms with Gasteiger partial charge in [-0.2, -0.15) is 0 Å². The topological polar surface area (TPSA) is 72.5 Å². The molecule has 2 aromatic carbocycles. The van der Waals surface area contributed by atoms with Gasteiger partial charge >= 0.3 is 5.97 Å². The van der Waals surface area contributed by atoms with Gasteiger partial charge in [0.2, 0.25) is 5.78 Å². The molecule has 5 nitrogen and oxygen atoms in total. The molecule has 0 bridgehead atoms. The monoisotopic (exact) mass is 381 g/mol. The second-order valence-corrected chi connectivity index (χ2v) is 7.07. The Bertz CT molecular complexity index is 901. The third-order valence-electron chi connectivity index (χ3n) is 4.79. The molecule has 0 spiro atoms. The lowest BCUT2D eigenvalue weighted by Crippen LogP contribution is -2.29. The second-order valence-electron chi connectivity index (χ2n) is 7.07. The van der Waals surface area contributed by atoms with Crippen LogP contribution in [0.4, 0.5) is 0 Å². The minimum absolute atomic E-state index is 0.00114. The Morgan fingerprint density at radius 1 is 0.893 bits per heavy atom. The predicted octanol–water partition coefficient (Wildman–Crippen LogP) is 3.85. The first-order valence-electron chi connectivity index (χ1n) is 9.36. The number of nitrogens with one attached hydrogen (secondary N) is 1. The molecule has 0 fully saturated rings. The number of hydrogen-bond donors (Lipinski definition) is 1. The number of carbonyl (C=O) groups excluding carboxylic acids is 3. The fraction of sp³-hybridized carbons (Fsp3) is 0.348. The van der Waals surface area contributed by atoms with Gasteiger partial charge in [-0.05, 0) is 69.0 Å². The fourth-order valence-corrected chi connectivity index (χ4v) is 2.96. The number of ether oxygens (including phenoxy) is 1. The van der Waals surface area contributed by atoms with Crippen molar-refractivity contribution in [3.05, 3.63) is 69.8 Å². The third-order valence-corrected chi connectivity index (χ3v) is 4.79. The van der Waals surface area contributed by atoms with Crippen LogP contribution in [-0.2, 0) is 9.53 Å². The molecule has 1 amide bonds. The summed E-state index contributed by atoms with van der Waals surface area (Å²) in [5, 5.41) is 2.70. The Labute approximate surface area is 166 Å². The van der Waals surface area contributed by atoms with Crippen LogP contribution in [0.15, 0.2) is 36.4 Å². The molecule has 1 unspecified atom stereocenters. The number of aryl methyl sites for hydroxylation is 4. The van der Waals surface area contributed by atoms with Crippen LogP contribution in [0.3, 0.4) is 0 Å². The van der Waals surface area contributed by atoms with E-state index in [9.17, 15) is 14.4 Å². The first-order chi connectivity index (χ1) is 13.2. The zero-order chi connectivity index (χ0) is 20.8. The summed E-state index contributed by atoms with van der Waals surface area (Å²) in [6.45, 7) is 9.38. The number of benzene rings is 2. The van der Waals surface area contributed by atoms with Crippen LogP contribution in [-0.4, -0.2) is 30.3 Å². The molecule has 0 aliphatic rings. The zero-order valence-corrected chi connectivity index (χ0v) is 17.1. The van der Waals surface area contributed by atoms with Crippen LogP contribution >= 0.6 is 0 Å². The number of ketones is 1. The number of hydrogen-bond acceptors (Lipinski definition) is 4. The van der Waals surface area contributed by atoms with E-state index in [4.69, 9.17) is 4.74 Å². The molecule has 5 heteroatoms. The van der Waals surface area contributed by atoms with Crippen LogP contribution < -0.4 is 5.32 Å². The molecule has 2 rings (SSSR count). The molecular formula is C23H27NO4. The highest BCUT2D eigenvalue weighted by molar-refractivity contribution is 6.01. The summed E-state index contributed by atoms with van der Waals surface area (Å²) in [7, 11) is 0. The van der Waals surface area contributed by atoms with E-state index in [-0.39, 0.29) is 24.7 Å². The van der Waals surface area contributed by atoms with Gasteiger partial charge in [-0.1, -0.05) is 24.3 Å². The number of rotatable bonds is 7. The highest BCUT2D eigenvalue weighted by Crippen LogP contribution is 2.18. The van der Waals surface area contributed by atoms with Gasteiger partial charge in [-0.3, -0.25) is 14.4 Å². The summed E-state index contributed by atoms with van der Waals surface area (Å²) in [5.41, 5.74) is 5.00. The van der Waals surface area contributed by atoms with Crippen molar-refractivity contribution in [2.24, 2.45) is 0 Å². The van der Waals surface area contributed by atoms with Gasteiger partial charge in [0.05, 0.1) is 6.42 Å². The van der Waals surface area contributed by atoms with Crippen LogP contribution in [0.2, 0.25) is 0 Å². The summed E-state index contributed by atoms with van der Waals surface area (Å²) in [5.74, 6) is -0.980. The van der Waals surface area contributed by atoms with Crippen molar-refractivity contribution in [1.29, 1.82) is 0 Å². The number of Topliss-reactive ketones (excluding diaryl/α,β-unsaturated/α-hetero) is 1. The summed E-state index contributed by atoms with van der Waals surface area (Å²) in [6, 6.07) is 11.0. The molecule has 0 aliphatic carbocycles. The van der Waals surface area contributed by atoms with E-state index >= 15 is 0 Å². The Morgan fingerprint density at radius 3 is 2.21 bits per heavy atom. The van der Waals surface area contributed by atoms with E-state index in [1.165, 1.54) is 0 Å². The average Bonchev–Trinajstić information content (AvgIpc) is 2.64. The summed E-state index contributed by atoms with van der Waals surface area (Å²) >= 11 is 0. The zero-order valence-electron chi connectivity index (χ0n) is 17.1. The van der Waals surface area contributed by atoms with E-state index in [1.54, 1.807) is 19.1 Å². The minimum atomic E-state index is -0.875. The SMILES string of the molecule is Cc1cc(C)c(C(=O)C(C)OC(=O)CCNC(=O)c2ccccc2C)cc1C. The Morgan fingerprint density at radius 2 is 1.54 bits per heavy atom. The van der Waals surface area contributed by atoms with Crippen LogP contribution in [0.1, 0.15) is 56.3 Å². The van der Waals surface area contributed by atoms with Crippen molar-refractivity contribution < 1.29 is 19.1 Å². The van der Waals surface area contributed by atoms with Gasteiger partial charge in [0, 0.05) is 17.7 Å². The lowest BCUT2D eigenvalue weighted by atomic mass is 9.96. The van der Waals surface area contributed by atoms with Gasteiger partial charge < -0.3 is 10.1 Å². The predicted molar refractivity (Wildman–Crippen MR) is 109 cm³/mol. The van der Waals surface area contributed by atoms with E-state index in [1.807, 2.05) is 52.0 Å². The molecule has 0 heterocycles.